The fourth-order valence-corrected chi connectivity index (χ4v) is 3.25. The van der Waals surface area contributed by atoms with Gasteiger partial charge in [-0.1, -0.05) is 19.9 Å². The normalized spacial score (nSPS) is 11.1. The van der Waals surface area contributed by atoms with Crippen LogP contribution in [-0.4, -0.2) is 26.8 Å². The number of imidazole rings is 1. The van der Waals surface area contributed by atoms with Crippen LogP contribution in [0.25, 0.3) is 22.4 Å². The number of aromatic amines is 1. The number of carbonyl (C=O) groups is 2. The molecule has 5 N–H and O–H groups in total. The van der Waals surface area contributed by atoms with Crippen molar-refractivity contribution >= 4 is 34.2 Å². The van der Waals surface area contributed by atoms with Crippen LogP contribution in [0.2, 0.25) is 0 Å². The van der Waals surface area contributed by atoms with E-state index in [4.69, 9.17) is 5.73 Å². The van der Waals surface area contributed by atoms with Gasteiger partial charge in [-0.15, -0.1) is 0 Å². The Bertz CT molecular complexity index is 1360. The van der Waals surface area contributed by atoms with E-state index in [9.17, 15) is 9.59 Å². The third-order valence-electron chi connectivity index (χ3n) is 4.95. The molecule has 8 heteroatoms. The van der Waals surface area contributed by atoms with E-state index in [0.29, 0.717) is 28.3 Å². The van der Waals surface area contributed by atoms with Crippen LogP contribution in [-0.2, 0) is 4.79 Å². The van der Waals surface area contributed by atoms with Crippen LogP contribution in [0.5, 0.6) is 0 Å². The summed E-state index contributed by atoms with van der Waals surface area (Å²) in [6, 6.07) is 16.1. The zero-order chi connectivity index (χ0) is 25.2. The molecule has 178 valence electrons. The number of rotatable bonds is 6. The number of hydrogen-bond donors (Lipinski definition) is 4. The molecule has 0 spiro atoms. The SMILES string of the molecule is C/C=C(\C=C/N)C(=O)Nc1ccc(-c2nc3ccc(NC(=O)c4ccncc4)cc3[nH]2)cc1.CC. The van der Waals surface area contributed by atoms with Gasteiger partial charge in [0, 0.05) is 40.5 Å². The zero-order valence-electron chi connectivity index (χ0n) is 19.9. The highest BCUT2D eigenvalue weighted by atomic mass is 16.2. The van der Waals surface area contributed by atoms with Gasteiger partial charge < -0.3 is 21.4 Å². The minimum absolute atomic E-state index is 0.211. The summed E-state index contributed by atoms with van der Waals surface area (Å²) in [4.78, 5) is 36.5. The predicted octanol–water partition coefficient (Wildman–Crippen LogP) is 5.26. The van der Waals surface area contributed by atoms with Crippen molar-refractivity contribution in [3.63, 3.8) is 0 Å². The topological polar surface area (TPSA) is 126 Å². The highest BCUT2D eigenvalue weighted by molar-refractivity contribution is 6.06. The molecule has 0 aliphatic carbocycles. The predicted molar refractivity (Wildman–Crippen MR) is 141 cm³/mol. The van der Waals surface area contributed by atoms with Crippen LogP contribution in [0.15, 0.2) is 90.9 Å². The maximum absolute atomic E-state index is 12.4. The molecule has 2 aromatic carbocycles. The molecule has 4 aromatic rings. The molecule has 0 saturated carbocycles. The molecule has 0 unspecified atom stereocenters. The second kappa shape index (κ2) is 11.9. The van der Waals surface area contributed by atoms with Gasteiger partial charge >= 0.3 is 0 Å². The molecule has 35 heavy (non-hydrogen) atoms. The van der Waals surface area contributed by atoms with E-state index in [0.717, 1.165) is 16.6 Å². The molecule has 2 aromatic heterocycles. The van der Waals surface area contributed by atoms with Gasteiger partial charge in [0.15, 0.2) is 0 Å². The van der Waals surface area contributed by atoms with Gasteiger partial charge in [0.25, 0.3) is 11.8 Å². The lowest BCUT2D eigenvalue weighted by molar-refractivity contribution is -0.112. The van der Waals surface area contributed by atoms with E-state index in [2.05, 4.69) is 25.6 Å². The number of H-pyrrole nitrogens is 1. The number of hydrogen-bond acceptors (Lipinski definition) is 5. The molecule has 0 aliphatic heterocycles. The third-order valence-corrected chi connectivity index (χ3v) is 4.95. The van der Waals surface area contributed by atoms with Gasteiger partial charge in [0.1, 0.15) is 5.82 Å². The minimum Gasteiger partial charge on any atom is -0.405 e. The Morgan fingerprint density at radius 1 is 0.943 bits per heavy atom. The van der Waals surface area contributed by atoms with E-state index < -0.39 is 0 Å². The quantitative estimate of drug-likeness (QED) is 0.227. The monoisotopic (exact) mass is 468 g/mol. The van der Waals surface area contributed by atoms with Crippen molar-refractivity contribution in [2.45, 2.75) is 20.8 Å². The Morgan fingerprint density at radius 3 is 2.29 bits per heavy atom. The Morgan fingerprint density at radius 2 is 1.63 bits per heavy atom. The number of nitrogens with two attached hydrogens (primary N) is 1. The highest BCUT2D eigenvalue weighted by Gasteiger charge is 2.10. The lowest BCUT2D eigenvalue weighted by atomic mass is 10.2. The number of amides is 2. The molecule has 0 aliphatic rings. The number of anilines is 2. The molecule has 2 amide bonds. The summed E-state index contributed by atoms with van der Waals surface area (Å²) >= 11 is 0. The zero-order valence-corrected chi connectivity index (χ0v) is 19.9. The average Bonchev–Trinajstić information content (AvgIpc) is 3.33. The number of nitrogens with one attached hydrogen (secondary N) is 3. The Balaban J connectivity index is 0.00000167. The summed E-state index contributed by atoms with van der Waals surface area (Å²) in [5.74, 6) is 0.231. The average molecular weight is 469 g/mol. The van der Waals surface area contributed by atoms with E-state index in [1.54, 1.807) is 61.8 Å². The van der Waals surface area contributed by atoms with Crippen LogP contribution in [0.1, 0.15) is 31.1 Å². The largest absolute Gasteiger partial charge is 0.405 e. The first kappa shape index (κ1) is 24.9. The number of benzene rings is 2. The number of aromatic nitrogens is 3. The Labute approximate surface area is 204 Å². The molecule has 4 rings (SSSR count). The van der Waals surface area contributed by atoms with E-state index in [1.807, 2.05) is 38.1 Å². The van der Waals surface area contributed by atoms with Crippen molar-refractivity contribution in [1.29, 1.82) is 0 Å². The summed E-state index contributed by atoms with van der Waals surface area (Å²) in [5, 5.41) is 5.71. The van der Waals surface area contributed by atoms with Crippen molar-refractivity contribution in [2.75, 3.05) is 10.6 Å². The Kier molecular flexibility index (Phi) is 8.50. The summed E-state index contributed by atoms with van der Waals surface area (Å²) in [7, 11) is 0. The van der Waals surface area contributed by atoms with Crippen LogP contribution in [0.3, 0.4) is 0 Å². The summed E-state index contributed by atoms with van der Waals surface area (Å²) < 4.78 is 0. The van der Waals surface area contributed by atoms with Crippen molar-refractivity contribution in [3.05, 3.63) is 96.5 Å². The van der Waals surface area contributed by atoms with Gasteiger partial charge in [-0.2, -0.15) is 0 Å². The highest BCUT2D eigenvalue weighted by Crippen LogP contribution is 2.24. The maximum Gasteiger partial charge on any atom is 0.255 e. The van der Waals surface area contributed by atoms with E-state index in [-0.39, 0.29) is 11.8 Å². The number of fused-ring (bicyclic) bond motifs is 1. The van der Waals surface area contributed by atoms with Crippen LogP contribution in [0.4, 0.5) is 11.4 Å². The molecule has 0 bridgehead atoms. The molecule has 0 fully saturated rings. The van der Waals surface area contributed by atoms with Crippen molar-refractivity contribution < 1.29 is 9.59 Å². The van der Waals surface area contributed by atoms with E-state index in [1.165, 1.54) is 6.20 Å². The van der Waals surface area contributed by atoms with Crippen LogP contribution >= 0.6 is 0 Å². The number of pyridine rings is 1. The lowest BCUT2D eigenvalue weighted by Gasteiger charge is -2.06. The molecule has 0 radical (unpaired) electrons. The summed E-state index contributed by atoms with van der Waals surface area (Å²) in [5.41, 5.74) is 10.1. The fraction of sp³-hybridized carbons (Fsp3) is 0.111. The summed E-state index contributed by atoms with van der Waals surface area (Å²) in [6.07, 6.45) is 7.72. The van der Waals surface area contributed by atoms with Gasteiger partial charge in [-0.25, -0.2) is 4.98 Å². The maximum atomic E-state index is 12.4. The lowest BCUT2D eigenvalue weighted by Crippen LogP contribution is -2.13. The first-order valence-corrected chi connectivity index (χ1v) is 11.2. The second-order valence-electron chi connectivity index (χ2n) is 7.14. The summed E-state index contributed by atoms with van der Waals surface area (Å²) in [6.45, 7) is 5.77. The molecule has 0 atom stereocenters. The minimum atomic E-state index is -0.239. The number of nitrogens with zero attached hydrogens (tertiary/aromatic N) is 2. The number of carbonyl (C=O) groups excluding carboxylic acids is 2. The second-order valence-corrected chi connectivity index (χ2v) is 7.14. The molecule has 8 nitrogen and oxygen atoms in total. The van der Waals surface area contributed by atoms with E-state index >= 15 is 0 Å². The first-order chi connectivity index (χ1) is 17.1. The standard InChI is InChI=1S/C25H22N6O2.C2H6/c1-2-16(9-12-26)24(32)28-19-5-3-17(4-6-19)23-30-21-8-7-20(15-22(21)31-23)29-25(33)18-10-13-27-14-11-18;1-2/h2-15H,26H2,1H3,(H,28,32)(H,29,33)(H,30,31);1-2H3/b12-9-,16-2+;. The number of allylic oxidation sites excluding steroid dienone is 1. The van der Waals surface area contributed by atoms with Crippen molar-refractivity contribution in [3.8, 4) is 11.4 Å². The van der Waals surface area contributed by atoms with Gasteiger partial charge in [-0.3, -0.25) is 14.6 Å². The van der Waals surface area contributed by atoms with Crippen molar-refractivity contribution in [1.82, 2.24) is 15.0 Å². The van der Waals surface area contributed by atoms with Gasteiger partial charge in [0.2, 0.25) is 0 Å². The molecule has 0 saturated heterocycles. The smallest absolute Gasteiger partial charge is 0.255 e. The molecular weight excluding hydrogens is 440 g/mol. The fourth-order valence-electron chi connectivity index (χ4n) is 3.25. The van der Waals surface area contributed by atoms with Crippen molar-refractivity contribution in [2.24, 2.45) is 5.73 Å². The van der Waals surface area contributed by atoms with Crippen LogP contribution < -0.4 is 16.4 Å². The molecule has 2 heterocycles. The Hall–Kier alpha value is -4.72. The van der Waals surface area contributed by atoms with Gasteiger partial charge in [-0.05, 0) is 73.8 Å². The first-order valence-electron chi connectivity index (χ1n) is 11.2. The van der Waals surface area contributed by atoms with Gasteiger partial charge in [0.05, 0.1) is 11.0 Å². The van der Waals surface area contributed by atoms with Crippen LogP contribution in [0, 0.1) is 0 Å². The molecular formula is C27H28N6O2. The third kappa shape index (κ3) is 6.20.